The molecule has 0 bridgehead atoms. The molecule has 23 heavy (non-hydrogen) atoms. The third kappa shape index (κ3) is 17.0. The average Bonchev–Trinajstić information content (AvgIpc) is 2.52. The first-order chi connectivity index (χ1) is 11.2. The molecule has 0 radical (unpaired) electrons. The number of unbranched alkanes of at least 4 members (excludes halogenated alkanes) is 7. The Bertz CT molecular complexity index is 325. The van der Waals surface area contributed by atoms with E-state index in [9.17, 15) is 4.79 Å². The molecule has 0 aromatic rings. The van der Waals surface area contributed by atoms with E-state index in [0.29, 0.717) is 0 Å². The Balaban J connectivity index is 3.67. The second kappa shape index (κ2) is 17.2. The van der Waals surface area contributed by atoms with Gasteiger partial charge in [0, 0.05) is 6.08 Å². The van der Waals surface area contributed by atoms with E-state index < -0.39 is 5.97 Å². The van der Waals surface area contributed by atoms with Gasteiger partial charge in [0.2, 0.25) is 0 Å². The van der Waals surface area contributed by atoms with Crippen molar-refractivity contribution < 1.29 is 25.1 Å². The molecular weight excluding hydrogens is 296 g/mol. The van der Waals surface area contributed by atoms with Crippen LogP contribution in [0.5, 0.6) is 0 Å². The van der Waals surface area contributed by atoms with Crippen molar-refractivity contribution in [3.8, 4) is 0 Å². The van der Waals surface area contributed by atoms with E-state index in [2.05, 4.69) is 12.0 Å². The maximum absolute atomic E-state index is 10.3. The Morgan fingerprint density at radius 2 is 1.65 bits per heavy atom. The van der Waals surface area contributed by atoms with Gasteiger partial charge in [-0.05, 0) is 25.7 Å². The molecule has 0 saturated carbocycles. The summed E-state index contributed by atoms with van der Waals surface area (Å²) in [5.74, 6) is -0.946. The third-order valence-corrected chi connectivity index (χ3v) is 3.69. The third-order valence-electron chi connectivity index (χ3n) is 3.69. The highest BCUT2D eigenvalue weighted by atomic mass is 17.5. The quantitative estimate of drug-likeness (QED) is 0.132. The van der Waals surface area contributed by atoms with Gasteiger partial charge in [-0.3, -0.25) is 0 Å². The summed E-state index contributed by atoms with van der Waals surface area (Å²) in [6, 6.07) is 0. The van der Waals surface area contributed by atoms with Gasteiger partial charge in [0.25, 0.3) is 0 Å². The van der Waals surface area contributed by atoms with Gasteiger partial charge in [0.1, 0.15) is 0 Å². The van der Waals surface area contributed by atoms with Crippen molar-refractivity contribution in [2.45, 2.75) is 83.7 Å². The van der Waals surface area contributed by atoms with Gasteiger partial charge in [-0.15, -0.1) is 0 Å². The lowest BCUT2D eigenvalue weighted by Gasteiger charge is -2.13. The zero-order valence-corrected chi connectivity index (χ0v) is 14.3. The van der Waals surface area contributed by atoms with Crippen molar-refractivity contribution in [3.05, 3.63) is 24.3 Å². The molecule has 0 heterocycles. The highest BCUT2D eigenvalue weighted by Crippen LogP contribution is 2.15. The van der Waals surface area contributed by atoms with Crippen molar-refractivity contribution in [1.82, 2.24) is 0 Å². The molecule has 0 amide bonds. The number of carboxylic acids is 1. The van der Waals surface area contributed by atoms with Crippen molar-refractivity contribution in [2.75, 3.05) is 0 Å². The summed E-state index contributed by atoms with van der Waals surface area (Å²) in [7, 11) is 0. The first-order valence-corrected chi connectivity index (χ1v) is 8.73. The van der Waals surface area contributed by atoms with Crippen molar-refractivity contribution in [1.29, 1.82) is 0 Å². The van der Waals surface area contributed by atoms with Crippen molar-refractivity contribution in [3.63, 3.8) is 0 Å². The number of rotatable bonds is 16. The molecular formula is C18H32O5. The molecule has 0 aliphatic carbocycles. The van der Waals surface area contributed by atoms with Crippen molar-refractivity contribution in [2.24, 2.45) is 0 Å². The standard InChI is InChI=1S/C18H32O5/c1-2-3-4-5-6-8-11-14-17(22-23-21)15-12-9-7-10-13-16-18(19)20/h7,10,13,16-17,21H,2-6,8-9,11-12,14-15H2,1H3,(H,19,20)/b10-7+,16-13+. The Morgan fingerprint density at radius 1 is 1.00 bits per heavy atom. The van der Waals surface area contributed by atoms with Crippen LogP contribution in [0.4, 0.5) is 0 Å². The Labute approximate surface area is 139 Å². The largest absolute Gasteiger partial charge is 0.478 e. The van der Waals surface area contributed by atoms with E-state index in [1.54, 1.807) is 6.08 Å². The lowest BCUT2D eigenvalue weighted by molar-refractivity contribution is -0.507. The molecule has 5 heteroatoms. The molecule has 134 valence electrons. The summed E-state index contributed by atoms with van der Waals surface area (Å²) >= 11 is 0. The molecule has 2 N–H and O–H groups in total. The first-order valence-electron chi connectivity index (χ1n) is 8.73. The van der Waals surface area contributed by atoms with E-state index in [1.807, 2.05) is 6.08 Å². The molecule has 0 saturated heterocycles. The summed E-state index contributed by atoms with van der Waals surface area (Å²) in [5, 5.41) is 20.7. The first kappa shape index (κ1) is 21.8. The summed E-state index contributed by atoms with van der Waals surface area (Å²) in [5.41, 5.74) is 0. The minimum Gasteiger partial charge on any atom is -0.478 e. The summed E-state index contributed by atoms with van der Waals surface area (Å²) in [6.07, 6.45) is 18.3. The van der Waals surface area contributed by atoms with Crippen LogP contribution in [0.1, 0.15) is 77.6 Å². The van der Waals surface area contributed by atoms with Crippen LogP contribution >= 0.6 is 0 Å². The molecule has 0 aliphatic heterocycles. The number of carbonyl (C=O) groups is 1. The van der Waals surface area contributed by atoms with Crippen molar-refractivity contribution >= 4 is 5.97 Å². The topological polar surface area (TPSA) is 76.0 Å². The van der Waals surface area contributed by atoms with Crippen LogP contribution in [0.3, 0.4) is 0 Å². The predicted octanol–water partition coefficient (Wildman–Crippen LogP) is 5.28. The fourth-order valence-electron chi connectivity index (χ4n) is 2.41. The molecule has 1 atom stereocenters. The summed E-state index contributed by atoms with van der Waals surface area (Å²) in [4.78, 5) is 15.2. The Kier molecular flexibility index (Phi) is 16.3. The smallest absolute Gasteiger partial charge is 0.328 e. The minimum absolute atomic E-state index is 0.0846. The lowest BCUT2D eigenvalue weighted by atomic mass is 10.0. The highest BCUT2D eigenvalue weighted by Gasteiger charge is 2.09. The van der Waals surface area contributed by atoms with E-state index in [4.69, 9.17) is 15.3 Å². The SMILES string of the molecule is CCCCCCCCCC(CCC/C=C/C=C/C(=O)O)OOO. The fourth-order valence-corrected chi connectivity index (χ4v) is 2.41. The second-order valence-electron chi connectivity index (χ2n) is 5.76. The zero-order chi connectivity index (χ0) is 17.2. The fraction of sp³-hybridized carbons (Fsp3) is 0.722. The van der Waals surface area contributed by atoms with Crippen LogP contribution in [0.25, 0.3) is 0 Å². The van der Waals surface area contributed by atoms with E-state index in [0.717, 1.165) is 38.2 Å². The van der Waals surface area contributed by atoms with Gasteiger partial charge in [-0.2, -0.15) is 0 Å². The van der Waals surface area contributed by atoms with E-state index in [-0.39, 0.29) is 6.10 Å². The summed E-state index contributed by atoms with van der Waals surface area (Å²) in [6.45, 7) is 2.22. The number of aliphatic carboxylic acids is 1. The van der Waals surface area contributed by atoms with Crippen LogP contribution in [0, 0.1) is 0 Å². The molecule has 0 fully saturated rings. The van der Waals surface area contributed by atoms with Gasteiger partial charge in [-0.25, -0.2) is 14.9 Å². The van der Waals surface area contributed by atoms with Crippen LogP contribution in [0.15, 0.2) is 24.3 Å². The normalized spacial score (nSPS) is 13.1. The van der Waals surface area contributed by atoms with Crippen LogP contribution < -0.4 is 0 Å². The second-order valence-corrected chi connectivity index (χ2v) is 5.76. The van der Waals surface area contributed by atoms with E-state index in [1.165, 1.54) is 44.6 Å². The van der Waals surface area contributed by atoms with Gasteiger partial charge in [0.15, 0.2) is 0 Å². The van der Waals surface area contributed by atoms with Gasteiger partial charge >= 0.3 is 5.97 Å². The molecule has 0 aromatic heterocycles. The molecule has 0 rings (SSSR count). The van der Waals surface area contributed by atoms with Crippen LogP contribution in [-0.4, -0.2) is 22.4 Å². The maximum Gasteiger partial charge on any atom is 0.328 e. The summed E-state index contributed by atoms with van der Waals surface area (Å²) < 4.78 is 0. The predicted molar refractivity (Wildman–Crippen MR) is 91.0 cm³/mol. The highest BCUT2D eigenvalue weighted by molar-refractivity contribution is 5.80. The molecule has 0 spiro atoms. The molecule has 0 aliphatic rings. The van der Waals surface area contributed by atoms with Crippen LogP contribution in [0.2, 0.25) is 0 Å². The van der Waals surface area contributed by atoms with Crippen LogP contribution in [-0.2, 0) is 14.7 Å². The van der Waals surface area contributed by atoms with Gasteiger partial charge in [0.05, 0.1) is 6.10 Å². The van der Waals surface area contributed by atoms with Gasteiger partial charge < -0.3 is 5.11 Å². The van der Waals surface area contributed by atoms with Gasteiger partial charge in [-0.1, -0.05) is 75.1 Å². The lowest BCUT2D eigenvalue weighted by Crippen LogP contribution is -2.12. The Hall–Kier alpha value is -1.17. The molecule has 1 unspecified atom stereocenters. The maximum atomic E-state index is 10.3. The monoisotopic (exact) mass is 328 g/mol. The zero-order valence-electron chi connectivity index (χ0n) is 14.3. The molecule has 0 aromatic carbocycles. The molecule has 5 nitrogen and oxygen atoms in total. The minimum atomic E-state index is -0.946. The Morgan fingerprint density at radius 3 is 2.30 bits per heavy atom. The number of allylic oxidation sites excluding steroid dienone is 3. The number of carboxylic acid groups (broad SMARTS) is 1. The number of hydrogen-bond acceptors (Lipinski definition) is 4. The number of hydrogen-bond donors (Lipinski definition) is 2. The average molecular weight is 328 g/mol. The van der Waals surface area contributed by atoms with E-state index >= 15 is 0 Å².